The van der Waals surface area contributed by atoms with E-state index in [-0.39, 0.29) is 0 Å². The molecule has 4 heteroatoms. The minimum atomic E-state index is 0.700. The van der Waals surface area contributed by atoms with Crippen LogP contribution in [0.1, 0.15) is 0 Å². The van der Waals surface area contributed by atoms with Gasteiger partial charge < -0.3 is 4.57 Å². The Morgan fingerprint density at radius 1 is 0.270 bits per heavy atom. The quantitative estimate of drug-likeness (QED) is 0.151. The van der Waals surface area contributed by atoms with Crippen LogP contribution in [0.2, 0.25) is 0 Å². The second-order valence-electron chi connectivity index (χ2n) is 16.0. The molecular formula is C59H38N4. The zero-order chi connectivity index (χ0) is 41.7. The van der Waals surface area contributed by atoms with E-state index in [0.717, 1.165) is 83.5 Å². The minimum absolute atomic E-state index is 0.700. The molecular weight excluding hydrogens is 765 g/mol. The van der Waals surface area contributed by atoms with Crippen molar-refractivity contribution in [3.05, 3.63) is 231 Å². The second-order valence-corrected chi connectivity index (χ2v) is 16.0. The normalized spacial score (nSPS) is 11.5. The van der Waals surface area contributed by atoms with Gasteiger partial charge in [-0.05, 0) is 64.0 Å². The number of aromatic nitrogens is 4. The summed E-state index contributed by atoms with van der Waals surface area (Å²) in [6.07, 6.45) is 0. The molecule has 0 unspecified atom stereocenters. The first kappa shape index (κ1) is 36.4. The molecule has 0 N–H and O–H groups in total. The van der Waals surface area contributed by atoms with Crippen LogP contribution in [0.5, 0.6) is 0 Å². The molecule has 12 rings (SSSR count). The Balaban J connectivity index is 0.969. The van der Waals surface area contributed by atoms with Crippen molar-refractivity contribution < 1.29 is 0 Å². The summed E-state index contributed by atoms with van der Waals surface area (Å²) >= 11 is 0. The summed E-state index contributed by atoms with van der Waals surface area (Å²) in [5.74, 6) is 0.700. The van der Waals surface area contributed by atoms with Crippen molar-refractivity contribution in [3.8, 4) is 73.1 Å². The van der Waals surface area contributed by atoms with Crippen LogP contribution >= 0.6 is 0 Å². The first-order valence-electron chi connectivity index (χ1n) is 21.3. The Labute approximate surface area is 365 Å². The van der Waals surface area contributed by atoms with Crippen LogP contribution in [0, 0.1) is 0 Å². The van der Waals surface area contributed by atoms with E-state index in [1.807, 2.05) is 24.3 Å². The van der Waals surface area contributed by atoms with Gasteiger partial charge in [0.15, 0.2) is 5.82 Å². The lowest BCUT2D eigenvalue weighted by Gasteiger charge is -2.12. The molecule has 0 fully saturated rings. The molecule has 3 aromatic heterocycles. The van der Waals surface area contributed by atoms with E-state index in [2.05, 4.69) is 211 Å². The van der Waals surface area contributed by atoms with Gasteiger partial charge in [0.1, 0.15) is 0 Å². The number of benzene rings is 9. The van der Waals surface area contributed by atoms with Gasteiger partial charge >= 0.3 is 0 Å². The molecule has 3 heterocycles. The summed E-state index contributed by atoms with van der Waals surface area (Å²) in [5.41, 5.74) is 16.0. The maximum atomic E-state index is 5.35. The zero-order valence-electron chi connectivity index (χ0n) is 34.2. The highest BCUT2D eigenvalue weighted by molar-refractivity contribution is 6.19. The van der Waals surface area contributed by atoms with Crippen LogP contribution in [0.25, 0.3) is 117 Å². The lowest BCUT2D eigenvalue weighted by Crippen LogP contribution is -1.96. The maximum absolute atomic E-state index is 5.35. The van der Waals surface area contributed by atoms with E-state index in [4.69, 9.17) is 15.0 Å². The molecule has 0 saturated heterocycles. The highest BCUT2D eigenvalue weighted by atomic mass is 15.0. The van der Waals surface area contributed by atoms with Gasteiger partial charge in [0, 0.05) is 49.5 Å². The van der Waals surface area contributed by atoms with E-state index >= 15 is 0 Å². The van der Waals surface area contributed by atoms with Gasteiger partial charge in [0.25, 0.3) is 0 Å². The van der Waals surface area contributed by atoms with E-state index in [1.165, 1.54) is 27.3 Å². The van der Waals surface area contributed by atoms with Gasteiger partial charge in [0.2, 0.25) is 0 Å². The summed E-state index contributed by atoms with van der Waals surface area (Å²) < 4.78 is 2.40. The summed E-state index contributed by atoms with van der Waals surface area (Å²) in [6.45, 7) is 0. The number of fused-ring (bicyclic) bond motifs is 6. The third kappa shape index (κ3) is 6.53. The van der Waals surface area contributed by atoms with Crippen LogP contribution in [0.15, 0.2) is 231 Å². The monoisotopic (exact) mass is 802 g/mol. The lowest BCUT2D eigenvalue weighted by atomic mass is 9.98. The van der Waals surface area contributed by atoms with Crippen LogP contribution < -0.4 is 0 Å². The number of para-hydroxylation sites is 1. The second kappa shape index (κ2) is 15.2. The average molecular weight is 803 g/mol. The highest BCUT2D eigenvalue weighted by Gasteiger charge is 2.18. The van der Waals surface area contributed by atoms with Crippen molar-refractivity contribution in [2.45, 2.75) is 0 Å². The number of pyridine rings is 1. The zero-order valence-corrected chi connectivity index (χ0v) is 34.2. The van der Waals surface area contributed by atoms with Crippen molar-refractivity contribution in [1.82, 2.24) is 19.5 Å². The van der Waals surface area contributed by atoms with Gasteiger partial charge in [-0.3, -0.25) is 0 Å². The van der Waals surface area contributed by atoms with Gasteiger partial charge in [-0.25, -0.2) is 15.0 Å². The van der Waals surface area contributed by atoms with Crippen LogP contribution in [0.3, 0.4) is 0 Å². The Hall–Kier alpha value is -8.47. The molecule has 294 valence electrons. The molecule has 63 heavy (non-hydrogen) atoms. The van der Waals surface area contributed by atoms with Crippen molar-refractivity contribution >= 4 is 43.5 Å². The number of nitrogens with zero attached hydrogens (tertiary/aromatic N) is 4. The van der Waals surface area contributed by atoms with Gasteiger partial charge in [-0.15, -0.1) is 0 Å². The van der Waals surface area contributed by atoms with Gasteiger partial charge in [0.05, 0.1) is 33.6 Å². The number of hydrogen-bond donors (Lipinski definition) is 0. The lowest BCUT2D eigenvalue weighted by molar-refractivity contribution is 1.18. The highest BCUT2D eigenvalue weighted by Crippen LogP contribution is 2.40. The topological polar surface area (TPSA) is 43.6 Å². The average Bonchev–Trinajstić information content (AvgIpc) is 3.69. The number of hydrogen-bond acceptors (Lipinski definition) is 3. The molecule has 0 aliphatic carbocycles. The fourth-order valence-corrected chi connectivity index (χ4v) is 9.07. The molecule has 0 amide bonds. The maximum Gasteiger partial charge on any atom is 0.160 e. The molecule has 4 nitrogen and oxygen atoms in total. The molecule has 0 bridgehead atoms. The van der Waals surface area contributed by atoms with Crippen LogP contribution in [-0.4, -0.2) is 19.5 Å². The third-order valence-corrected chi connectivity index (χ3v) is 12.2. The smallest absolute Gasteiger partial charge is 0.160 e. The summed E-state index contributed by atoms with van der Waals surface area (Å²) in [4.78, 5) is 15.6. The first-order valence-corrected chi connectivity index (χ1v) is 21.3. The SMILES string of the molecule is c1ccc(-c2ccc(-c3cc(-c4ccc(-c5ccc6c7cc8nc(-c9ccccc9)c9ccccc9c8cc7n(-c7ccccc7)c6c5)cc4)nc(-c4ccccc4)n3)cc2)cc1. The Bertz CT molecular complexity index is 3620. The Morgan fingerprint density at radius 2 is 0.746 bits per heavy atom. The summed E-state index contributed by atoms with van der Waals surface area (Å²) in [5, 5.41) is 5.85. The van der Waals surface area contributed by atoms with E-state index < -0.39 is 0 Å². The fourth-order valence-electron chi connectivity index (χ4n) is 9.07. The van der Waals surface area contributed by atoms with Crippen molar-refractivity contribution in [2.75, 3.05) is 0 Å². The predicted molar refractivity (Wildman–Crippen MR) is 262 cm³/mol. The molecule has 9 aromatic carbocycles. The van der Waals surface area contributed by atoms with Gasteiger partial charge in [-0.2, -0.15) is 0 Å². The Morgan fingerprint density at radius 3 is 1.38 bits per heavy atom. The van der Waals surface area contributed by atoms with Crippen LogP contribution in [-0.2, 0) is 0 Å². The van der Waals surface area contributed by atoms with Crippen molar-refractivity contribution in [3.63, 3.8) is 0 Å². The molecule has 0 aliphatic heterocycles. The van der Waals surface area contributed by atoms with Crippen LogP contribution in [0.4, 0.5) is 0 Å². The number of rotatable bonds is 7. The standard InChI is InChI=1S/C59H38N4/c1-5-15-39(16-6-1)40-25-29-42(30-26-40)53-38-54(62-59(61-53)45-19-9-3-10-20-45)43-31-27-41(28-32-43)46-33-34-49-52-36-55-51(37-57(52)63(56(49)35-46)47-21-11-4-12-22-47)48-23-13-14-24-50(48)58(60-55)44-17-7-2-8-18-44/h1-38H. The molecule has 0 saturated carbocycles. The molecule has 0 radical (unpaired) electrons. The van der Waals surface area contributed by atoms with Crippen molar-refractivity contribution in [1.29, 1.82) is 0 Å². The minimum Gasteiger partial charge on any atom is -0.309 e. The first-order chi connectivity index (χ1) is 31.2. The fraction of sp³-hybridized carbons (Fsp3) is 0. The van der Waals surface area contributed by atoms with Crippen molar-refractivity contribution in [2.24, 2.45) is 0 Å². The molecule has 12 aromatic rings. The predicted octanol–water partition coefficient (Wildman–Crippen LogP) is 15.3. The summed E-state index contributed by atoms with van der Waals surface area (Å²) in [6, 6.07) is 81.5. The largest absolute Gasteiger partial charge is 0.309 e. The van der Waals surface area contributed by atoms with E-state index in [9.17, 15) is 0 Å². The third-order valence-electron chi connectivity index (χ3n) is 12.2. The molecule has 0 aliphatic rings. The molecule has 0 atom stereocenters. The van der Waals surface area contributed by atoms with E-state index in [1.54, 1.807) is 0 Å². The van der Waals surface area contributed by atoms with Gasteiger partial charge in [-0.1, -0.05) is 194 Å². The summed E-state index contributed by atoms with van der Waals surface area (Å²) in [7, 11) is 0. The Kier molecular flexibility index (Phi) is 8.79. The molecule has 0 spiro atoms. The van der Waals surface area contributed by atoms with E-state index in [0.29, 0.717) is 5.82 Å².